The first-order valence-electron chi connectivity index (χ1n) is 8.25. The van der Waals surface area contributed by atoms with Gasteiger partial charge in [-0.15, -0.1) is 11.3 Å². The van der Waals surface area contributed by atoms with Gasteiger partial charge in [0.25, 0.3) is 0 Å². The topological polar surface area (TPSA) is 28.6 Å². The lowest BCUT2D eigenvalue weighted by atomic mass is 10.1. The number of thiazole rings is 1. The smallest absolute Gasteiger partial charge is 0.185 e. The van der Waals surface area contributed by atoms with Crippen LogP contribution in [0.2, 0.25) is 0 Å². The molecule has 0 amide bonds. The lowest BCUT2D eigenvalue weighted by Gasteiger charge is -2.34. The van der Waals surface area contributed by atoms with Crippen LogP contribution in [0.4, 0.5) is 5.13 Å². The summed E-state index contributed by atoms with van der Waals surface area (Å²) >= 11 is 1.73. The Labute approximate surface area is 146 Å². The number of methoxy groups -OCH3 is 1. The number of nitrogens with zero attached hydrogens (tertiary/aromatic N) is 3. The van der Waals surface area contributed by atoms with Gasteiger partial charge in [0.1, 0.15) is 5.75 Å². The fourth-order valence-electron chi connectivity index (χ4n) is 3.23. The van der Waals surface area contributed by atoms with Crippen LogP contribution in [-0.4, -0.2) is 43.2 Å². The molecule has 2 heterocycles. The third-order valence-corrected chi connectivity index (χ3v) is 5.41. The molecular weight excluding hydrogens is 318 g/mol. The first-order valence-corrected chi connectivity index (χ1v) is 9.13. The van der Waals surface area contributed by atoms with Gasteiger partial charge >= 0.3 is 0 Å². The van der Waals surface area contributed by atoms with Crippen molar-refractivity contribution in [3.8, 4) is 5.75 Å². The van der Waals surface area contributed by atoms with Gasteiger partial charge in [0.15, 0.2) is 5.13 Å². The fraction of sp³-hybridized carbons (Fsp3) is 0.316. The average Bonchev–Trinajstić information content (AvgIpc) is 3.16. The largest absolute Gasteiger partial charge is 0.497 e. The molecule has 3 aromatic rings. The van der Waals surface area contributed by atoms with Crippen molar-refractivity contribution in [3.63, 3.8) is 0 Å². The Bertz CT molecular complexity index is 811. The molecule has 0 unspecified atom stereocenters. The zero-order valence-electron chi connectivity index (χ0n) is 13.8. The summed E-state index contributed by atoms with van der Waals surface area (Å²) in [5.41, 5.74) is 1.37. The van der Waals surface area contributed by atoms with Crippen molar-refractivity contribution >= 4 is 27.2 Å². The number of aromatic nitrogens is 1. The fourth-order valence-corrected chi connectivity index (χ4v) is 3.92. The third kappa shape index (κ3) is 3.23. The minimum Gasteiger partial charge on any atom is -0.497 e. The highest BCUT2D eigenvalue weighted by atomic mass is 32.1. The van der Waals surface area contributed by atoms with Crippen LogP contribution in [-0.2, 0) is 6.54 Å². The normalized spacial score (nSPS) is 15.8. The minimum absolute atomic E-state index is 0.911. The molecule has 0 saturated carbocycles. The molecule has 2 aromatic carbocycles. The molecule has 0 aliphatic carbocycles. The van der Waals surface area contributed by atoms with Gasteiger partial charge in [-0.2, -0.15) is 0 Å². The van der Waals surface area contributed by atoms with Crippen LogP contribution < -0.4 is 9.64 Å². The molecule has 1 saturated heterocycles. The highest BCUT2D eigenvalue weighted by Gasteiger charge is 2.18. The van der Waals surface area contributed by atoms with Crippen LogP contribution in [0.5, 0.6) is 5.75 Å². The van der Waals surface area contributed by atoms with Crippen molar-refractivity contribution in [3.05, 3.63) is 53.5 Å². The van der Waals surface area contributed by atoms with Crippen LogP contribution in [0.1, 0.15) is 5.56 Å². The number of fused-ring (bicyclic) bond motifs is 1. The van der Waals surface area contributed by atoms with E-state index in [2.05, 4.69) is 45.1 Å². The summed E-state index contributed by atoms with van der Waals surface area (Å²) < 4.78 is 5.30. The summed E-state index contributed by atoms with van der Waals surface area (Å²) in [7, 11) is 1.71. The molecule has 0 radical (unpaired) electrons. The summed E-state index contributed by atoms with van der Waals surface area (Å²) in [5.74, 6) is 0.911. The van der Waals surface area contributed by atoms with Gasteiger partial charge in [0, 0.05) is 44.3 Å². The number of benzene rings is 2. The second-order valence-corrected chi connectivity index (χ2v) is 7.00. The predicted octanol–water partition coefficient (Wildman–Crippen LogP) is 3.63. The van der Waals surface area contributed by atoms with Gasteiger partial charge in [-0.3, -0.25) is 4.90 Å². The Morgan fingerprint density at radius 1 is 1.04 bits per heavy atom. The summed E-state index contributed by atoms with van der Waals surface area (Å²) in [6, 6.07) is 13.0. The van der Waals surface area contributed by atoms with Gasteiger partial charge in [0.05, 0.1) is 7.11 Å². The van der Waals surface area contributed by atoms with E-state index < -0.39 is 0 Å². The quantitative estimate of drug-likeness (QED) is 0.726. The summed E-state index contributed by atoms with van der Waals surface area (Å²) in [4.78, 5) is 9.32. The predicted molar refractivity (Wildman–Crippen MR) is 100 cm³/mol. The average molecular weight is 339 g/mol. The Morgan fingerprint density at radius 2 is 1.83 bits per heavy atom. The van der Waals surface area contributed by atoms with E-state index in [1.165, 1.54) is 16.3 Å². The molecule has 0 spiro atoms. The van der Waals surface area contributed by atoms with Gasteiger partial charge in [-0.05, 0) is 34.5 Å². The van der Waals surface area contributed by atoms with Crippen molar-refractivity contribution in [1.29, 1.82) is 0 Å². The lowest BCUT2D eigenvalue weighted by Crippen LogP contribution is -2.45. The summed E-state index contributed by atoms with van der Waals surface area (Å²) in [5, 5.41) is 5.70. The molecule has 4 nitrogen and oxygen atoms in total. The van der Waals surface area contributed by atoms with Crippen LogP contribution >= 0.6 is 11.3 Å². The molecule has 1 aromatic heterocycles. The highest BCUT2D eigenvalue weighted by Crippen LogP contribution is 2.23. The standard InChI is InChI=1S/C19H21N3OS/c1-23-18-5-4-16-12-15(2-3-17(16)13-18)14-21-7-9-22(10-8-21)19-20-6-11-24-19/h2-6,11-13H,7-10,14H2,1H3. The first kappa shape index (κ1) is 15.4. The Kier molecular flexibility index (Phi) is 4.36. The van der Waals surface area contributed by atoms with Crippen LogP contribution in [0.25, 0.3) is 10.8 Å². The second-order valence-electron chi connectivity index (χ2n) is 6.13. The summed E-state index contributed by atoms with van der Waals surface area (Å²) in [6.45, 7) is 5.28. The molecule has 24 heavy (non-hydrogen) atoms. The molecular formula is C19H21N3OS. The van der Waals surface area contributed by atoms with E-state index >= 15 is 0 Å². The maximum absolute atomic E-state index is 5.30. The molecule has 1 fully saturated rings. The van der Waals surface area contributed by atoms with Crippen LogP contribution in [0, 0.1) is 0 Å². The van der Waals surface area contributed by atoms with E-state index in [0.717, 1.165) is 43.6 Å². The van der Waals surface area contributed by atoms with E-state index in [1.54, 1.807) is 18.4 Å². The van der Waals surface area contributed by atoms with Crippen LogP contribution in [0.3, 0.4) is 0 Å². The van der Waals surface area contributed by atoms with Crippen molar-refractivity contribution in [2.45, 2.75) is 6.54 Å². The Morgan fingerprint density at radius 3 is 2.58 bits per heavy atom. The number of rotatable bonds is 4. The van der Waals surface area contributed by atoms with Gasteiger partial charge < -0.3 is 9.64 Å². The molecule has 124 valence electrons. The van der Waals surface area contributed by atoms with E-state index in [4.69, 9.17) is 4.74 Å². The molecule has 4 rings (SSSR count). The maximum Gasteiger partial charge on any atom is 0.185 e. The van der Waals surface area contributed by atoms with E-state index in [-0.39, 0.29) is 0 Å². The number of anilines is 1. The molecule has 1 aliphatic heterocycles. The zero-order valence-corrected chi connectivity index (χ0v) is 14.6. The van der Waals surface area contributed by atoms with Gasteiger partial charge in [-0.1, -0.05) is 18.2 Å². The van der Waals surface area contributed by atoms with E-state index in [1.807, 2.05) is 17.6 Å². The third-order valence-electron chi connectivity index (χ3n) is 4.58. The molecule has 0 N–H and O–H groups in total. The van der Waals surface area contributed by atoms with Crippen molar-refractivity contribution in [2.24, 2.45) is 0 Å². The van der Waals surface area contributed by atoms with Gasteiger partial charge in [-0.25, -0.2) is 4.98 Å². The van der Waals surface area contributed by atoms with Gasteiger partial charge in [0.2, 0.25) is 0 Å². The lowest BCUT2D eigenvalue weighted by molar-refractivity contribution is 0.250. The molecule has 5 heteroatoms. The molecule has 1 aliphatic rings. The van der Waals surface area contributed by atoms with Crippen molar-refractivity contribution in [2.75, 3.05) is 38.2 Å². The monoisotopic (exact) mass is 339 g/mol. The Balaban J connectivity index is 1.41. The maximum atomic E-state index is 5.30. The first-order chi connectivity index (χ1) is 11.8. The number of hydrogen-bond acceptors (Lipinski definition) is 5. The number of ether oxygens (including phenoxy) is 1. The minimum atomic E-state index is 0.911. The van der Waals surface area contributed by atoms with Crippen molar-refractivity contribution < 1.29 is 4.74 Å². The van der Waals surface area contributed by atoms with Crippen molar-refractivity contribution in [1.82, 2.24) is 9.88 Å². The molecule has 0 atom stereocenters. The van der Waals surface area contributed by atoms with Crippen LogP contribution in [0.15, 0.2) is 48.0 Å². The number of hydrogen-bond donors (Lipinski definition) is 0. The SMILES string of the molecule is COc1ccc2cc(CN3CCN(c4nccs4)CC3)ccc2c1. The zero-order chi connectivity index (χ0) is 16.4. The van der Waals surface area contributed by atoms with E-state index in [0.29, 0.717) is 0 Å². The Hall–Kier alpha value is -2.11. The highest BCUT2D eigenvalue weighted by molar-refractivity contribution is 7.13. The molecule has 0 bridgehead atoms. The second kappa shape index (κ2) is 6.79. The summed E-state index contributed by atoms with van der Waals surface area (Å²) in [6.07, 6.45) is 1.89. The number of piperazine rings is 1. The van der Waals surface area contributed by atoms with E-state index in [9.17, 15) is 0 Å².